The van der Waals surface area contributed by atoms with Crippen LogP contribution in [0.4, 0.5) is 0 Å². The second kappa shape index (κ2) is 4.22. The van der Waals surface area contributed by atoms with Crippen molar-refractivity contribution < 1.29 is 19.8 Å². The highest BCUT2D eigenvalue weighted by molar-refractivity contribution is 5.71. The third-order valence-electron chi connectivity index (χ3n) is 1.46. The van der Waals surface area contributed by atoms with Crippen molar-refractivity contribution in [2.75, 3.05) is 0 Å². The van der Waals surface area contributed by atoms with E-state index in [4.69, 9.17) is 5.11 Å². The lowest BCUT2D eigenvalue weighted by Crippen LogP contribution is -2.12. The summed E-state index contributed by atoms with van der Waals surface area (Å²) >= 11 is 0. The number of nitrogens with zero attached hydrogens (tertiary/aromatic N) is 1. The fourth-order valence-corrected chi connectivity index (χ4v) is 0.896. The van der Waals surface area contributed by atoms with E-state index in [1.807, 2.05) is 0 Å². The van der Waals surface area contributed by atoms with Gasteiger partial charge >= 0.3 is 11.1 Å². The molecule has 0 fully saturated rings. The van der Waals surface area contributed by atoms with Gasteiger partial charge in [0.25, 0.3) is 0 Å². The molecule has 1 N–H and O–H groups in total. The predicted molar refractivity (Wildman–Crippen MR) is 44.9 cm³/mol. The van der Waals surface area contributed by atoms with Crippen molar-refractivity contribution in [1.29, 1.82) is 0 Å². The Bertz CT molecular complexity index is 345. The lowest BCUT2D eigenvalue weighted by molar-refractivity contribution is -0.729. The van der Waals surface area contributed by atoms with Crippen LogP contribution >= 0.6 is 0 Å². The molecule has 0 aliphatic heterocycles. The molecule has 0 amide bonds. The van der Waals surface area contributed by atoms with Crippen LogP contribution in [0.2, 0.25) is 0 Å². The molecule has 0 aliphatic carbocycles. The van der Waals surface area contributed by atoms with E-state index >= 15 is 0 Å². The monoisotopic (exact) mass is 197 g/mol. The van der Waals surface area contributed by atoms with Crippen molar-refractivity contribution >= 4 is 5.97 Å². The van der Waals surface area contributed by atoms with Crippen LogP contribution in [-0.4, -0.2) is 16.2 Å². The zero-order valence-electron chi connectivity index (χ0n) is 7.04. The van der Waals surface area contributed by atoms with Gasteiger partial charge in [-0.3, -0.25) is 4.79 Å². The van der Waals surface area contributed by atoms with Gasteiger partial charge in [0.15, 0.2) is 0 Å². The van der Waals surface area contributed by atoms with E-state index in [2.05, 4.69) is 4.84 Å². The van der Waals surface area contributed by atoms with Gasteiger partial charge in [0, 0.05) is 0 Å². The Labute approximate surface area is 78.8 Å². The highest BCUT2D eigenvalue weighted by atomic mass is 17.0. The van der Waals surface area contributed by atoms with Crippen LogP contribution in [0.1, 0.15) is 5.56 Å². The second-order valence-corrected chi connectivity index (χ2v) is 2.53. The van der Waals surface area contributed by atoms with Crippen LogP contribution in [0, 0.1) is 10.1 Å². The predicted octanol–water partition coefficient (Wildman–Crippen LogP) is 0.670. The zero-order chi connectivity index (χ0) is 10.6. The van der Waals surface area contributed by atoms with E-state index in [0.717, 1.165) is 0 Å². The van der Waals surface area contributed by atoms with Crippen molar-refractivity contribution in [3.8, 4) is 5.75 Å². The summed E-state index contributed by atoms with van der Waals surface area (Å²) in [7, 11) is 0. The Morgan fingerprint density at radius 3 is 2.50 bits per heavy atom. The highest BCUT2D eigenvalue weighted by Crippen LogP contribution is 2.10. The summed E-state index contributed by atoms with van der Waals surface area (Å²) in [6, 6.07) is 5.73. The van der Waals surface area contributed by atoms with Gasteiger partial charge in [0.2, 0.25) is 0 Å². The molecule has 0 heterocycles. The van der Waals surface area contributed by atoms with Gasteiger partial charge in [-0.05, 0) is 17.7 Å². The molecule has 6 nitrogen and oxygen atoms in total. The van der Waals surface area contributed by atoms with E-state index in [0.29, 0.717) is 5.56 Å². The normalized spacial score (nSPS) is 9.43. The minimum absolute atomic E-state index is 0.0661. The summed E-state index contributed by atoms with van der Waals surface area (Å²) in [5, 5.41) is 17.5. The van der Waals surface area contributed by atoms with Gasteiger partial charge in [-0.15, -0.1) is 10.1 Å². The summed E-state index contributed by atoms with van der Waals surface area (Å²) in [5.41, 5.74) is 0.537. The van der Waals surface area contributed by atoms with E-state index in [1.165, 1.54) is 24.3 Å². The molecule has 0 aromatic heterocycles. The summed E-state index contributed by atoms with van der Waals surface area (Å²) in [6.45, 7) is 0. The quantitative estimate of drug-likeness (QED) is 0.568. The first kappa shape index (κ1) is 9.97. The number of carbonyl (C=O) groups excluding carboxylic acids is 1. The van der Waals surface area contributed by atoms with Gasteiger partial charge in [-0.25, -0.2) is 4.84 Å². The summed E-state index contributed by atoms with van der Waals surface area (Å²) in [6.07, 6.45) is -0.193. The lowest BCUT2D eigenvalue weighted by Gasteiger charge is -1.98. The highest BCUT2D eigenvalue weighted by Gasteiger charge is 2.08. The van der Waals surface area contributed by atoms with Crippen molar-refractivity contribution in [2.24, 2.45) is 0 Å². The molecule has 0 bridgehead atoms. The van der Waals surface area contributed by atoms with Crippen molar-refractivity contribution in [3.63, 3.8) is 0 Å². The number of hydrogen-bond acceptors (Lipinski definition) is 5. The summed E-state index contributed by atoms with van der Waals surface area (Å²) in [5.74, 6) is -0.878. The Morgan fingerprint density at radius 2 is 2.00 bits per heavy atom. The SMILES string of the molecule is O=C(Cc1ccc(O)cc1)O[N+](=O)[O-]. The Morgan fingerprint density at radius 1 is 1.43 bits per heavy atom. The number of aromatic hydroxyl groups is 1. The maximum atomic E-state index is 10.8. The molecular weight excluding hydrogens is 190 g/mol. The maximum absolute atomic E-state index is 10.8. The van der Waals surface area contributed by atoms with Crippen LogP contribution in [0.5, 0.6) is 5.75 Å². The molecule has 0 unspecified atom stereocenters. The standard InChI is InChI=1S/C8H7NO5/c10-7-3-1-6(2-4-7)5-8(11)14-9(12)13/h1-4,10H,5H2. The summed E-state index contributed by atoms with van der Waals surface area (Å²) in [4.78, 5) is 24.3. The van der Waals surface area contributed by atoms with Crippen LogP contribution in [-0.2, 0) is 16.1 Å². The number of rotatable bonds is 3. The van der Waals surface area contributed by atoms with Crippen LogP contribution in [0.15, 0.2) is 24.3 Å². The van der Waals surface area contributed by atoms with Gasteiger partial charge in [0.1, 0.15) is 5.75 Å². The number of carbonyl (C=O) groups is 1. The molecule has 0 spiro atoms. The molecule has 1 rings (SSSR count). The molecular formula is C8H7NO5. The fraction of sp³-hybridized carbons (Fsp3) is 0.125. The van der Waals surface area contributed by atoms with E-state index < -0.39 is 11.1 Å². The first-order valence-corrected chi connectivity index (χ1v) is 3.71. The van der Waals surface area contributed by atoms with E-state index in [-0.39, 0.29) is 12.2 Å². The number of benzene rings is 1. The number of phenolic OH excluding ortho intramolecular Hbond substituents is 1. The molecule has 0 saturated carbocycles. The van der Waals surface area contributed by atoms with Gasteiger partial charge in [-0.1, -0.05) is 12.1 Å². The molecule has 0 saturated heterocycles. The molecule has 0 atom stereocenters. The average molecular weight is 197 g/mol. The molecule has 1 aromatic carbocycles. The first-order valence-electron chi connectivity index (χ1n) is 3.71. The number of phenols is 1. The maximum Gasteiger partial charge on any atom is 0.308 e. The molecule has 14 heavy (non-hydrogen) atoms. The number of hydrogen-bond donors (Lipinski definition) is 1. The summed E-state index contributed by atoms with van der Waals surface area (Å²) < 4.78 is 0. The van der Waals surface area contributed by atoms with Crippen LogP contribution < -0.4 is 0 Å². The minimum atomic E-state index is -1.15. The zero-order valence-corrected chi connectivity index (χ0v) is 7.04. The smallest absolute Gasteiger partial charge is 0.308 e. The molecule has 1 aromatic rings. The van der Waals surface area contributed by atoms with Crippen LogP contribution in [0.3, 0.4) is 0 Å². The third-order valence-corrected chi connectivity index (χ3v) is 1.46. The van der Waals surface area contributed by atoms with Crippen LogP contribution in [0.25, 0.3) is 0 Å². The Hall–Kier alpha value is -2.11. The van der Waals surface area contributed by atoms with Crippen molar-refractivity contribution in [1.82, 2.24) is 0 Å². The van der Waals surface area contributed by atoms with Gasteiger partial charge < -0.3 is 5.11 Å². The minimum Gasteiger partial charge on any atom is -0.508 e. The molecule has 0 radical (unpaired) electrons. The molecule has 0 aliphatic rings. The Balaban J connectivity index is 2.56. The molecule has 74 valence electrons. The Kier molecular flexibility index (Phi) is 3.01. The lowest BCUT2D eigenvalue weighted by atomic mass is 10.1. The van der Waals surface area contributed by atoms with Gasteiger partial charge in [0.05, 0.1) is 6.42 Å². The largest absolute Gasteiger partial charge is 0.508 e. The topological polar surface area (TPSA) is 89.7 Å². The van der Waals surface area contributed by atoms with E-state index in [9.17, 15) is 14.9 Å². The fourth-order valence-electron chi connectivity index (χ4n) is 0.896. The second-order valence-electron chi connectivity index (χ2n) is 2.53. The van der Waals surface area contributed by atoms with Gasteiger partial charge in [-0.2, -0.15) is 0 Å². The van der Waals surface area contributed by atoms with Crippen molar-refractivity contribution in [2.45, 2.75) is 6.42 Å². The molecule has 6 heteroatoms. The third kappa shape index (κ3) is 3.10. The van der Waals surface area contributed by atoms with Crippen molar-refractivity contribution in [3.05, 3.63) is 39.9 Å². The first-order chi connectivity index (χ1) is 6.58. The van der Waals surface area contributed by atoms with E-state index in [1.54, 1.807) is 0 Å². The average Bonchev–Trinajstić information content (AvgIpc) is 2.07.